The number of hydrogen-bond acceptors (Lipinski definition) is 4. The Hall–Kier alpha value is -0.450. The van der Waals surface area contributed by atoms with Crippen LogP contribution in [0.25, 0.3) is 0 Å². The van der Waals surface area contributed by atoms with Gasteiger partial charge in [0.1, 0.15) is 5.78 Å². The van der Waals surface area contributed by atoms with E-state index in [1.54, 1.807) is 6.92 Å². The number of rotatable bonds is 15. The summed E-state index contributed by atoms with van der Waals surface area (Å²) in [7, 11) is 0. The highest BCUT2D eigenvalue weighted by Crippen LogP contribution is 2.28. The van der Waals surface area contributed by atoms with E-state index in [1.807, 2.05) is 0 Å². The van der Waals surface area contributed by atoms with Gasteiger partial charge in [-0.2, -0.15) is 0 Å². The van der Waals surface area contributed by atoms with Crippen LogP contribution in [0.2, 0.25) is 0 Å². The minimum atomic E-state index is 0.250. The molecule has 1 aliphatic rings. The number of unbranched alkanes of at least 4 members (excludes halogenated alkanes) is 6. The van der Waals surface area contributed by atoms with E-state index in [9.17, 15) is 4.79 Å². The largest absolute Gasteiger partial charge is 0.397 e. The molecule has 0 aromatic rings. The molecule has 0 amide bonds. The van der Waals surface area contributed by atoms with Crippen LogP contribution in [0.5, 0.6) is 0 Å². The molecule has 0 aromatic carbocycles. The van der Waals surface area contributed by atoms with Gasteiger partial charge < -0.3 is 15.3 Å². The Morgan fingerprint density at radius 1 is 0.743 bits per heavy atom. The van der Waals surface area contributed by atoms with E-state index in [4.69, 9.17) is 15.3 Å². The van der Waals surface area contributed by atoms with Crippen LogP contribution in [0.3, 0.4) is 0 Å². The van der Waals surface area contributed by atoms with Crippen LogP contribution in [-0.2, 0) is 4.79 Å². The highest BCUT2D eigenvalue weighted by atomic mass is 16.3. The molecule has 3 atom stereocenters. The van der Waals surface area contributed by atoms with E-state index in [1.165, 1.54) is 64.2 Å². The van der Waals surface area contributed by atoms with Crippen molar-refractivity contribution >= 4 is 5.78 Å². The van der Waals surface area contributed by atoms with Gasteiger partial charge in [-0.25, -0.2) is 0 Å². The molecule has 1 saturated carbocycles. The van der Waals surface area contributed by atoms with Crippen molar-refractivity contribution < 1.29 is 20.1 Å². The second kappa shape index (κ2) is 31.6. The third kappa shape index (κ3) is 31.5. The highest BCUT2D eigenvalue weighted by molar-refractivity contribution is 5.81. The van der Waals surface area contributed by atoms with Gasteiger partial charge in [-0.1, -0.05) is 112 Å². The van der Waals surface area contributed by atoms with Gasteiger partial charge in [0.2, 0.25) is 0 Å². The highest BCUT2D eigenvalue weighted by Gasteiger charge is 2.25. The zero-order valence-corrected chi connectivity index (χ0v) is 25.0. The molecule has 4 heteroatoms. The summed E-state index contributed by atoms with van der Waals surface area (Å²) < 4.78 is 0. The molecule has 3 N–H and O–H groups in total. The zero-order valence-electron chi connectivity index (χ0n) is 25.0. The second-order valence-corrected chi connectivity index (χ2v) is 10.8. The number of aliphatic hydroxyl groups is 3. The van der Waals surface area contributed by atoms with Gasteiger partial charge in [-0.15, -0.1) is 0 Å². The number of aliphatic hydroxyl groups excluding tert-OH is 3. The predicted octanol–water partition coefficient (Wildman–Crippen LogP) is 8.35. The summed E-state index contributed by atoms with van der Waals surface area (Å²) in [6.45, 7) is 16.0. The fourth-order valence-electron chi connectivity index (χ4n) is 4.20. The lowest BCUT2D eigenvalue weighted by molar-refractivity contribution is -0.126. The normalized spacial score (nSPS) is 16.8. The van der Waals surface area contributed by atoms with Crippen molar-refractivity contribution in [2.75, 3.05) is 19.8 Å². The van der Waals surface area contributed by atoms with Crippen LogP contribution >= 0.6 is 0 Å². The number of carbonyl (C=O) groups is 1. The fourth-order valence-corrected chi connectivity index (χ4v) is 4.20. The molecule has 3 unspecified atom stereocenters. The SMILES string of the molecule is CC(C)CCCC(C)CCO.CCC(C)C1CCCCC1=O.CCCCCCCCCO.CCO. The maximum absolute atomic E-state index is 11.4. The Labute approximate surface area is 220 Å². The second-order valence-electron chi connectivity index (χ2n) is 10.8. The molecule has 0 radical (unpaired) electrons. The van der Waals surface area contributed by atoms with Crippen molar-refractivity contribution in [1.82, 2.24) is 0 Å². The van der Waals surface area contributed by atoms with Crippen LogP contribution in [0, 0.1) is 23.7 Å². The molecule has 4 nitrogen and oxygen atoms in total. The lowest BCUT2D eigenvalue weighted by Gasteiger charge is -2.25. The quantitative estimate of drug-likeness (QED) is 0.197. The van der Waals surface area contributed by atoms with Crippen molar-refractivity contribution in [1.29, 1.82) is 0 Å². The summed E-state index contributed by atoms with van der Waals surface area (Å²) in [5, 5.41) is 24.7. The average Bonchev–Trinajstić information content (AvgIpc) is 2.82. The van der Waals surface area contributed by atoms with E-state index >= 15 is 0 Å². The van der Waals surface area contributed by atoms with Crippen molar-refractivity contribution in [2.45, 2.75) is 151 Å². The lowest BCUT2D eigenvalue weighted by atomic mass is 9.79. The maximum atomic E-state index is 11.4. The molecule has 1 rings (SSSR count). The van der Waals surface area contributed by atoms with E-state index in [0.717, 1.165) is 44.4 Å². The molecular weight excluding hydrogens is 436 g/mol. The summed E-state index contributed by atoms with van der Waals surface area (Å²) in [5.74, 6) is 3.07. The van der Waals surface area contributed by atoms with Gasteiger partial charge >= 0.3 is 0 Å². The molecule has 214 valence electrons. The van der Waals surface area contributed by atoms with E-state index in [2.05, 4.69) is 41.5 Å². The van der Waals surface area contributed by atoms with Crippen molar-refractivity contribution in [3.63, 3.8) is 0 Å². The van der Waals surface area contributed by atoms with E-state index < -0.39 is 0 Å². The topological polar surface area (TPSA) is 77.8 Å². The van der Waals surface area contributed by atoms with Crippen molar-refractivity contribution in [3.05, 3.63) is 0 Å². The van der Waals surface area contributed by atoms with Crippen LogP contribution in [-0.4, -0.2) is 40.9 Å². The van der Waals surface area contributed by atoms with Crippen molar-refractivity contribution in [3.8, 4) is 0 Å². The monoisotopic (exact) mass is 502 g/mol. The fraction of sp³-hybridized carbons (Fsp3) is 0.968. The molecule has 1 fully saturated rings. The molecule has 35 heavy (non-hydrogen) atoms. The van der Waals surface area contributed by atoms with Crippen LogP contribution in [0.4, 0.5) is 0 Å². The van der Waals surface area contributed by atoms with Crippen LogP contribution in [0.15, 0.2) is 0 Å². The molecule has 0 saturated heterocycles. The van der Waals surface area contributed by atoms with Crippen molar-refractivity contribution in [2.24, 2.45) is 23.7 Å². The molecule has 0 bridgehead atoms. The number of hydrogen-bond donors (Lipinski definition) is 3. The summed E-state index contributed by atoms with van der Waals surface area (Å²) in [5.41, 5.74) is 0. The average molecular weight is 503 g/mol. The third-order valence-corrected chi connectivity index (χ3v) is 6.79. The summed E-state index contributed by atoms with van der Waals surface area (Å²) in [6.07, 6.45) is 19.4. The molecule has 0 heterocycles. The first kappa shape index (κ1) is 39.1. The minimum Gasteiger partial charge on any atom is -0.397 e. The molecule has 1 aliphatic carbocycles. The Kier molecular flexibility index (Phi) is 35.3. The molecule has 0 spiro atoms. The summed E-state index contributed by atoms with van der Waals surface area (Å²) in [4.78, 5) is 11.4. The van der Waals surface area contributed by atoms with Gasteiger partial charge in [0.25, 0.3) is 0 Å². The smallest absolute Gasteiger partial charge is 0.136 e. The minimum absolute atomic E-state index is 0.250. The first-order valence-corrected chi connectivity index (χ1v) is 15.1. The van der Waals surface area contributed by atoms with E-state index in [0.29, 0.717) is 36.8 Å². The zero-order chi connectivity index (χ0) is 27.3. The van der Waals surface area contributed by atoms with Crippen LogP contribution in [0.1, 0.15) is 151 Å². The van der Waals surface area contributed by atoms with Gasteiger partial charge in [-0.05, 0) is 50.4 Å². The molecule has 0 aromatic heterocycles. The van der Waals surface area contributed by atoms with Gasteiger partial charge in [-0.3, -0.25) is 4.79 Å². The van der Waals surface area contributed by atoms with Crippen LogP contribution < -0.4 is 0 Å². The maximum Gasteiger partial charge on any atom is 0.136 e. The van der Waals surface area contributed by atoms with Gasteiger partial charge in [0.15, 0.2) is 0 Å². The van der Waals surface area contributed by atoms with Gasteiger partial charge in [0.05, 0.1) is 0 Å². The van der Waals surface area contributed by atoms with Gasteiger partial charge in [0, 0.05) is 32.2 Å². The number of carbonyl (C=O) groups excluding carboxylic acids is 1. The Bertz CT molecular complexity index is 389. The standard InChI is InChI=1S/C10H18O.C10H22O.C9H20O.C2H6O/c1-3-8(2)9-6-4-5-7-10(9)11;1-9(2)5-4-6-10(3)7-8-11;1-2-3-4-5-6-7-8-9-10;1-2-3/h8-9H,3-7H2,1-2H3;9-11H,4-8H2,1-3H3;10H,2-9H2,1H3;3H,2H2,1H3. The third-order valence-electron chi connectivity index (χ3n) is 6.79. The Balaban J connectivity index is -0.000000415. The Morgan fingerprint density at radius 3 is 1.77 bits per heavy atom. The number of Topliss-reactive ketones (excluding diaryl/α,β-unsaturated/α-hetero) is 1. The summed E-state index contributed by atoms with van der Waals surface area (Å²) >= 11 is 0. The Morgan fingerprint density at radius 2 is 1.31 bits per heavy atom. The number of ketones is 1. The summed E-state index contributed by atoms with van der Waals surface area (Å²) in [6, 6.07) is 0. The predicted molar refractivity (Wildman–Crippen MR) is 154 cm³/mol. The molecule has 0 aliphatic heterocycles. The first-order valence-electron chi connectivity index (χ1n) is 15.1. The van der Waals surface area contributed by atoms with E-state index in [-0.39, 0.29) is 6.61 Å². The molecular formula is C31H66O4. The lowest BCUT2D eigenvalue weighted by Crippen LogP contribution is -2.24. The first-order chi connectivity index (χ1) is 16.7.